The van der Waals surface area contributed by atoms with Crippen molar-refractivity contribution in [2.45, 2.75) is 6.92 Å². The fourth-order valence-corrected chi connectivity index (χ4v) is 2.95. The van der Waals surface area contributed by atoms with E-state index in [0.29, 0.717) is 0 Å². The van der Waals surface area contributed by atoms with Gasteiger partial charge in [0.2, 0.25) is 0 Å². The molecule has 1 aromatic heterocycles. The standard InChI is InChI=1S/C22H17N/c1-16-12-13-20-19(14-16)15-21(17-8-4-2-5-9-17)23-22(20)18-10-6-3-7-11-18/h2-15H,1H3. The summed E-state index contributed by atoms with van der Waals surface area (Å²) in [5.74, 6) is 0. The Hall–Kier alpha value is -2.93. The van der Waals surface area contributed by atoms with Crippen LogP contribution in [0, 0.1) is 6.92 Å². The SMILES string of the molecule is Cc1ccc2c(-c3ccccc3)nc(-c3ccccc3)cc2c1. The summed E-state index contributed by atoms with van der Waals surface area (Å²) in [7, 11) is 0. The van der Waals surface area contributed by atoms with Crippen molar-refractivity contribution in [1.82, 2.24) is 4.98 Å². The van der Waals surface area contributed by atoms with Crippen LogP contribution < -0.4 is 0 Å². The van der Waals surface area contributed by atoms with E-state index in [1.807, 2.05) is 12.1 Å². The molecule has 0 saturated carbocycles. The highest BCUT2D eigenvalue weighted by molar-refractivity contribution is 5.97. The molecule has 1 heterocycles. The Morgan fingerprint density at radius 2 is 1.30 bits per heavy atom. The number of hydrogen-bond acceptors (Lipinski definition) is 1. The number of aryl methyl sites for hydroxylation is 1. The summed E-state index contributed by atoms with van der Waals surface area (Å²) in [5, 5.41) is 2.43. The second-order valence-corrected chi connectivity index (χ2v) is 5.81. The van der Waals surface area contributed by atoms with Gasteiger partial charge in [0.15, 0.2) is 0 Å². The molecule has 0 unspecified atom stereocenters. The highest BCUT2D eigenvalue weighted by Gasteiger charge is 2.09. The molecule has 4 rings (SSSR count). The summed E-state index contributed by atoms with van der Waals surface area (Å²) in [6.07, 6.45) is 0. The predicted molar refractivity (Wildman–Crippen MR) is 97.4 cm³/mol. The minimum absolute atomic E-state index is 1.02. The molecule has 3 aromatic carbocycles. The minimum atomic E-state index is 1.02. The van der Waals surface area contributed by atoms with Crippen molar-refractivity contribution < 1.29 is 0 Å². The van der Waals surface area contributed by atoms with Crippen molar-refractivity contribution >= 4 is 10.8 Å². The maximum Gasteiger partial charge on any atom is 0.0787 e. The topological polar surface area (TPSA) is 12.9 Å². The van der Waals surface area contributed by atoms with Crippen molar-refractivity contribution in [2.24, 2.45) is 0 Å². The smallest absolute Gasteiger partial charge is 0.0787 e. The van der Waals surface area contributed by atoms with Crippen LogP contribution in [0.5, 0.6) is 0 Å². The highest BCUT2D eigenvalue weighted by atomic mass is 14.7. The number of nitrogens with zero attached hydrogens (tertiary/aromatic N) is 1. The third kappa shape index (κ3) is 2.62. The van der Waals surface area contributed by atoms with Crippen LogP contribution in [0.2, 0.25) is 0 Å². The lowest BCUT2D eigenvalue weighted by molar-refractivity contribution is 1.35. The van der Waals surface area contributed by atoms with E-state index < -0.39 is 0 Å². The molecule has 1 heteroatoms. The Kier molecular flexibility index (Phi) is 3.39. The fraction of sp³-hybridized carbons (Fsp3) is 0.0455. The molecule has 23 heavy (non-hydrogen) atoms. The first-order valence-corrected chi connectivity index (χ1v) is 7.83. The van der Waals surface area contributed by atoms with Gasteiger partial charge in [0.1, 0.15) is 0 Å². The molecular formula is C22H17N. The summed E-state index contributed by atoms with van der Waals surface area (Å²) >= 11 is 0. The third-order valence-electron chi connectivity index (χ3n) is 4.10. The lowest BCUT2D eigenvalue weighted by atomic mass is 9.99. The number of pyridine rings is 1. The van der Waals surface area contributed by atoms with Gasteiger partial charge in [-0.05, 0) is 18.4 Å². The molecule has 0 amide bonds. The maximum absolute atomic E-state index is 4.97. The van der Waals surface area contributed by atoms with Gasteiger partial charge in [-0.2, -0.15) is 0 Å². The molecule has 0 aliphatic carbocycles. The average Bonchev–Trinajstić information content (AvgIpc) is 2.62. The van der Waals surface area contributed by atoms with Crippen LogP contribution in [0.4, 0.5) is 0 Å². The maximum atomic E-state index is 4.97. The first kappa shape index (κ1) is 13.7. The summed E-state index contributed by atoms with van der Waals surface area (Å²) in [5.41, 5.74) is 5.62. The van der Waals surface area contributed by atoms with Crippen LogP contribution in [0.15, 0.2) is 84.9 Å². The third-order valence-corrected chi connectivity index (χ3v) is 4.10. The Balaban J connectivity index is 2.03. The molecular weight excluding hydrogens is 278 g/mol. The molecule has 4 aromatic rings. The molecule has 0 aliphatic rings. The van der Waals surface area contributed by atoms with Crippen molar-refractivity contribution in [2.75, 3.05) is 0 Å². The number of hydrogen-bond donors (Lipinski definition) is 0. The van der Waals surface area contributed by atoms with Gasteiger partial charge in [-0.1, -0.05) is 84.4 Å². The first-order valence-electron chi connectivity index (χ1n) is 7.83. The Morgan fingerprint density at radius 3 is 2.00 bits per heavy atom. The number of fused-ring (bicyclic) bond motifs is 1. The summed E-state index contributed by atoms with van der Waals surface area (Å²) in [6, 6.07) is 29.5. The second-order valence-electron chi connectivity index (χ2n) is 5.81. The van der Waals surface area contributed by atoms with Crippen LogP contribution >= 0.6 is 0 Å². The summed E-state index contributed by atoms with van der Waals surface area (Å²) in [6.45, 7) is 2.13. The minimum Gasteiger partial charge on any atom is -0.247 e. The van der Waals surface area contributed by atoms with E-state index in [2.05, 4.69) is 79.7 Å². The molecule has 0 spiro atoms. The van der Waals surface area contributed by atoms with E-state index in [-0.39, 0.29) is 0 Å². The molecule has 0 N–H and O–H groups in total. The molecule has 0 aliphatic heterocycles. The van der Waals surface area contributed by atoms with Gasteiger partial charge in [0.25, 0.3) is 0 Å². The van der Waals surface area contributed by atoms with E-state index in [1.54, 1.807) is 0 Å². The van der Waals surface area contributed by atoms with E-state index in [0.717, 1.165) is 22.5 Å². The van der Waals surface area contributed by atoms with Gasteiger partial charge < -0.3 is 0 Å². The van der Waals surface area contributed by atoms with Crippen molar-refractivity contribution in [3.63, 3.8) is 0 Å². The Labute approximate surface area is 136 Å². The Bertz CT molecular complexity index is 957. The number of benzene rings is 3. The van der Waals surface area contributed by atoms with Gasteiger partial charge in [0, 0.05) is 16.5 Å². The lowest BCUT2D eigenvalue weighted by Gasteiger charge is -2.11. The zero-order chi connectivity index (χ0) is 15.6. The monoisotopic (exact) mass is 295 g/mol. The van der Waals surface area contributed by atoms with E-state index in [1.165, 1.54) is 16.3 Å². The quantitative estimate of drug-likeness (QED) is 0.450. The van der Waals surface area contributed by atoms with Crippen molar-refractivity contribution in [3.05, 3.63) is 90.5 Å². The highest BCUT2D eigenvalue weighted by Crippen LogP contribution is 2.31. The molecule has 0 fully saturated rings. The normalized spacial score (nSPS) is 10.8. The Morgan fingerprint density at radius 1 is 0.652 bits per heavy atom. The zero-order valence-electron chi connectivity index (χ0n) is 13.0. The van der Waals surface area contributed by atoms with Crippen LogP contribution in [-0.4, -0.2) is 4.98 Å². The van der Waals surface area contributed by atoms with E-state index >= 15 is 0 Å². The van der Waals surface area contributed by atoms with Gasteiger partial charge in [-0.3, -0.25) is 0 Å². The number of rotatable bonds is 2. The lowest BCUT2D eigenvalue weighted by Crippen LogP contribution is -1.91. The first-order chi connectivity index (χ1) is 11.3. The number of aromatic nitrogens is 1. The van der Waals surface area contributed by atoms with Gasteiger partial charge in [0.05, 0.1) is 11.4 Å². The molecule has 1 nitrogen and oxygen atoms in total. The van der Waals surface area contributed by atoms with Crippen LogP contribution in [0.25, 0.3) is 33.3 Å². The van der Waals surface area contributed by atoms with Gasteiger partial charge >= 0.3 is 0 Å². The van der Waals surface area contributed by atoms with Crippen LogP contribution in [-0.2, 0) is 0 Å². The van der Waals surface area contributed by atoms with Crippen LogP contribution in [0.1, 0.15) is 5.56 Å². The van der Waals surface area contributed by atoms with Gasteiger partial charge in [-0.15, -0.1) is 0 Å². The summed E-state index contributed by atoms with van der Waals surface area (Å²) in [4.78, 5) is 4.97. The molecule has 110 valence electrons. The fourth-order valence-electron chi connectivity index (χ4n) is 2.95. The predicted octanol–water partition coefficient (Wildman–Crippen LogP) is 5.88. The average molecular weight is 295 g/mol. The summed E-state index contributed by atoms with van der Waals surface area (Å²) < 4.78 is 0. The van der Waals surface area contributed by atoms with E-state index in [9.17, 15) is 0 Å². The van der Waals surface area contributed by atoms with E-state index in [4.69, 9.17) is 4.98 Å². The molecule has 0 atom stereocenters. The van der Waals surface area contributed by atoms with Crippen LogP contribution in [0.3, 0.4) is 0 Å². The molecule has 0 saturated heterocycles. The van der Waals surface area contributed by atoms with Crippen molar-refractivity contribution in [1.29, 1.82) is 0 Å². The largest absolute Gasteiger partial charge is 0.247 e. The zero-order valence-corrected chi connectivity index (χ0v) is 13.0. The van der Waals surface area contributed by atoms with Crippen molar-refractivity contribution in [3.8, 4) is 22.5 Å². The second kappa shape index (κ2) is 5.69. The molecule has 0 radical (unpaired) electrons. The molecule has 0 bridgehead atoms. The van der Waals surface area contributed by atoms with Gasteiger partial charge in [-0.25, -0.2) is 4.98 Å².